The average molecular weight is 342 g/mol. The Kier molecular flexibility index (Phi) is 4.25. The molecule has 0 fully saturated rings. The van der Waals surface area contributed by atoms with Gasteiger partial charge in [-0.3, -0.25) is 14.8 Å². The van der Waals surface area contributed by atoms with Gasteiger partial charge in [-0.1, -0.05) is 17.7 Å². The summed E-state index contributed by atoms with van der Waals surface area (Å²) >= 11 is 5.94. The van der Waals surface area contributed by atoms with E-state index in [4.69, 9.17) is 17.3 Å². The molecule has 0 atom stereocenters. The summed E-state index contributed by atoms with van der Waals surface area (Å²) in [5.74, 6) is 0. The van der Waals surface area contributed by atoms with E-state index in [-0.39, 0.29) is 27.0 Å². The molecular weight excluding hydrogens is 330 g/mol. The number of halogens is 1. The van der Waals surface area contributed by atoms with E-state index in [1.807, 2.05) is 0 Å². The van der Waals surface area contributed by atoms with Crippen molar-refractivity contribution < 1.29 is 13.3 Å². The fourth-order valence-corrected chi connectivity index (χ4v) is 3.45. The van der Waals surface area contributed by atoms with Gasteiger partial charge in [0.15, 0.2) is 0 Å². The zero-order chi connectivity index (χ0) is 16.5. The van der Waals surface area contributed by atoms with Crippen LogP contribution in [-0.2, 0) is 10.0 Å². The number of nitrogens with zero attached hydrogens (tertiary/aromatic N) is 1. The molecule has 0 aliphatic carbocycles. The summed E-state index contributed by atoms with van der Waals surface area (Å²) in [5, 5.41) is 10.9. The molecule has 0 aliphatic heterocycles. The van der Waals surface area contributed by atoms with Crippen molar-refractivity contribution in [3.05, 3.63) is 57.1 Å². The Morgan fingerprint density at radius 1 is 1.23 bits per heavy atom. The summed E-state index contributed by atoms with van der Waals surface area (Å²) < 4.78 is 26.9. The topological polar surface area (TPSA) is 115 Å². The van der Waals surface area contributed by atoms with E-state index in [0.717, 1.165) is 11.6 Å². The minimum Gasteiger partial charge on any atom is -0.393 e. The third kappa shape index (κ3) is 3.29. The van der Waals surface area contributed by atoms with Crippen molar-refractivity contribution in [1.82, 2.24) is 0 Å². The van der Waals surface area contributed by atoms with Crippen LogP contribution in [-0.4, -0.2) is 13.3 Å². The normalized spacial score (nSPS) is 11.2. The van der Waals surface area contributed by atoms with Gasteiger partial charge in [-0.15, -0.1) is 0 Å². The summed E-state index contributed by atoms with van der Waals surface area (Å²) in [7, 11) is -3.96. The monoisotopic (exact) mass is 341 g/mol. The second-order valence-electron chi connectivity index (χ2n) is 4.57. The number of hydrogen-bond donors (Lipinski definition) is 2. The highest BCUT2D eigenvalue weighted by atomic mass is 35.5. The molecule has 0 unspecified atom stereocenters. The molecule has 0 amide bonds. The fraction of sp³-hybridized carbons (Fsp3) is 0.0769. The highest BCUT2D eigenvalue weighted by molar-refractivity contribution is 7.92. The summed E-state index contributed by atoms with van der Waals surface area (Å²) in [6, 6.07) is 8.13. The minimum absolute atomic E-state index is 0.0255. The Labute approximate surface area is 131 Å². The second-order valence-corrected chi connectivity index (χ2v) is 6.63. The van der Waals surface area contributed by atoms with Crippen molar-refractivity contribution in [3.63, 3.8) is 0 Å². The molecule has 7 nitrogen and oxygen atoms in total. The molecular formula is C13H12ClN3O4S. The quantitative estimate of drug-likeness (QED) is 0.504. The molecule has 22 heavy (non-hydrogen) atoms. The zero-order valence-corrected chi connectivity index (χ0v) is 13.0. The first-order valence-corrected chi connectivity index (χ1v) is 7.90. The van der Waals surface area contributed by atoms with Gasteiger partial charge in [-0.25, -0.2) is 8.42 Å². The van der Waals surface area contributed by atoms with E-state index < -0.39 is 14.9 Å². The van der Waals surface area contributed by atoms with E-state index in [2.05, 4.69) is 4.72 Å². The Balaban J connectivity index is 2.41. The molecule has 9 heteroatoms. The van der Waals surface area contributed by atoms with E-state index in [9.17, 15) is 18.5 Å². The first kappa shape index (κ1) is 16.1. The van der Waals surface area contributed by atoms with Crippen LogP contribution in [0, 0.1) is 17.0 Å². The van der Waals surface area contributed by atoms with Gasteiger partial charge in [0.05, 0.1) is 15.6 Å². The molecule has 0 spiro atoms. The second kappa shape index (κ2) is 5.82. The first-order chi connectivity index (χ1) is 10.2. The number of sulfonamides is 1. The van der Waals surface area contributed by atoms with Crippen LogP contribution >= 0.6 is 11.6 Å². The number of nitrogens with two attached hydrogens (primary N) is 1. The first-order valence-electron chi connectivity index (χ1n) is 6.03. The molecule has 0 saturated carbocycles. The van der Waals surface area contributed by atoms with Gasteiger partial charge >= 0.3 is 0 Å². The van der Waals surface area contributed by atoms with Crippen molar-refractivity contribution in [1.29, 1.82) is 0 Å². The highest BCUT2D eigenvalue weighted by Gasteiger charge is 2.20. The van der Waals surface area contributed by atoms with E-state index >= 15 is 0 Å². The Bertz CT molecular complexity index is 852. The van der Waals surface area contributed by atoms with E-state index in [1.54, 1.807) is 13.0 Å². The van der Waals surface area contributed by atoms with Gasteiger partial charge in [-0.2, -0.15) is 0 Å². The molecule has 0 aromatic heterocycles. The lowest BCUT2D eigenvalue weighted by atomic mass is 10.2. The largest absolute Gasteiger partial charge is 0.393 e. The fourth-order valence-electron chi connectivity index (χ4n) is 1.80. The van der Waals surface area contributed by atoms with Gasteiger partial charge in [0, 0.05) is 6.07 Å². The Morgan fingerprint density at radius 2 is 1.91 bits per heavy atom. The average Bonchev–Trinajstić information content (AvgIpc) is 2.39. The molecule has 0 bridgehead atoms. The van der Waals surface area contributed by atoms with Crippen LogP contribution in [0.1, 0.15) is 5.56 Å². The van der Waals surface area contributed by atoms with Crippen molar-refractivity contribution in [2.75, 3.05) is 10.5 Å². The molecule has 0 heterocycles. The lowest BCUT2D eigenvalue weighted by molar-refractivity contribution is -0.383. The van der Waals surface area contributed by atoms with Crippen LogP contribution in [0.3, 0.4) is 0 Å². The minimum atomic E-state index is -3.96. The molecule has 2 rings (SSSR count). The number of nitrogen functional groups attached to an aromatic ring is 1. The molecule has 116 valence electrons. The molecule has 0 aliphatic rings. The number of rotatable bonds is 4. The lowest BCUT2D eigenvalue weighted by Gasteiger charge is -2.10. The molecule has 3 N–H and O–H groups in total. The molecule has 2 aromatic carbocycles. The predicted molar refractivity (Wildman–Crippen MR) is 84.5 cm³/mol. The van der Waals surface area contributed by atoms with E-state index in [0.29, 0.717) is 0 Å². The maximum absolute atomic E-state index is 12.3. The molecule has 2 aromatic rings. The van der Waals surface area contributed by atoms with Crippen LogP contribution in [0.15, 0.2) is 41.3 Å². The number of nitro benzene ring substituents is 1. The summed E-state index contributed by atoms with van der Waals surface area (Å²) in [6.07, 6.45) is 0. The summed E-state index contributed by atoms with van der Waals surface area (Å²) in [6.45, 7) is 1.78. The maximum Gasteiger partial charge on any atom is 0.294 e. The van der Waals surface area contributed by atoms with Crippen molar-refractivity contribution in [2.24, 2.45) is 0 Å². The highest BCUT2D eigenvalue weighted by Crippen LogP contribution is 2.28. The standard InChI is InChI=1S/C13H12ClN3O4S/c1-8-2-5-13(10(14)6-8)22(20,21)16-9-3-4-11(15)12(7-9)17(18)19/h2-7,16H,15H2,1H3. The van der Waals surface area contributed by atoms with Crippen molar-refractivity contribution in [2.45, 2.75) is 11.8 Å². The van der Waals surface area contributed by atoms with Crippen molar-refractivity contribution in [3.8, 4) is 0 Å². The summed E-state index contributed by atoms with van der Waals surface area (Å²) in [4.78, 5) is 10.0. The number of hydrogen-bond acceptors (Lipinski definition) is 5. The van der Waals surface area contributed by atoms with Gasteiger partial charge in [-0.05, 0) is 36.8 Å². The van der Waals surface area contributed by atoms with Crippen LogP contribution < -0.4 is 10.5 Å². The number of aryl methyl sites for hydroxylation is 1. The van der Waals surface area contributed by atoms with Crippen molar-refractivity contribution >= 4 is 38.7 Å². The van der Waals surface area contributed by atoms with Crippen LogP contribution in [0.2, 0.25) is 5.02 Å². The molecule has 0 radical (unpaired) electrons. The van der Waals surface area contributed by atoms with E-state index in [1.165, 1.54) is 24.3 Å². The van der Waals surface area contributed by atoms with Gasteiger partial charge in [0.1, 0.15) is 10.6 Å². The smallest absolute Gasteiger partial charge is 0.294 e. The maximum atomic E-state index is 12.3. The third-order valence-electron chi connectivity index (χ3n) is 2.86. The van der Waals surface area contributed by atoms with Crippen LogP contribution in [0.25, 0.3) is 0 Å². The predicted octanol–water partition coefficient (Wildman–Crippen LogP) is 2.94. The number of anilines is 2. The zero-order valence-electron chi connectivity index (χ0n) is 11.4. The number of benzene rings is 2. The van der Waals surface area contributed by atoms with Gasteiger partial charge < -0.3 is 5.73 Å². The SMILES string of the molecule is Cc1ccc(S(=O)(=O)Nc2ccc(N)c([N+](=O)[O-])c2)c(Cl)c1. The van der Waals surface area contributed by atoms with Gasteiger partial charge in [0.25, 0.3) is 15.7 Å². The van der Waals surface area contributed by atoms with Crippen LogP contribution in [0.5, 0.6) is 0 Å². The number of nitro groups is 1. The number of nitrogens with one attached hydrogen (secondary N) is 1. The van der Waals surface area contributed by atoms with Gasteiger partial charge in [0.2, 0.25) is 0 Å². The Hall–Kier alpha value is -2.32. The molecule has 0 saturated heterocycles. The summed E-state index contributed by atoms with van der Waals surface area (Å²) in [5.41, 5.74) is 5.87. The third-order valence-corrected chi connectivity index (χ3v) is 4.72. The lowest BCUT2D eigenvalue weighted by Crippen LogP contribution is -2.14. The van der Waals surface area contributed by atoms with Crippen LogP contribution in [0.4, 0.5) is 17.1 Å². The Morgan fingerprint density at radius 3 is 2.50 bits per heavy atom.